The van der Waals surface area contributed by atoms with Gasteiger partial charge >= 0.3 is 12.3 Å². The Bertz CT molecular complexity index is 812. The fourth-order valence-electron chi connectivity index (χ4n) is 1.86. The van der Waals surface area contributed by atoms with Crippen molar-refractivity contribution in [3.05, 3.63) is 47.8 Å². The molecule has 0 bridgehead atoms. The molecule has 2 rings (SSSR count). The molecule has 1 aromatic carbocycles. The summed E-state index contributed by atoms with van der Waals surface area (Å²) in [7, 11) is 0. The van der Waals surface area contributed by atoms with Gasteiger partial charge in [0.1, 0.15) is 11.4 Å². The maximum atomic E-state index is 12.1. The van der Waals surface area contributed by atoms with Gasteiger partial charge in [0, 0.05) is 17.4 Å². The number of ether oxygens (including phenoxy) is 2. The number of H-pyrrole nitrogens is 1. The highest BCUT2D eigenvalue weighted by atomic mass is 19.4. The molecule has 1 heterocycles. The Morgan fingerprint density at radius 3 is 2.35 bits per heavy atom. The zero-order valence-corrected chi connectivity index (χ0v) is 13.3. The van der Waals surface area contributed by atoms with Crippen molar-refractivity contribution in [1.29, 1.82) is 0 Å². The second kappa shape index (κ2) is 7.72. The molecule has 10 heteroatoms. The van der Waals surface area contributed by atoms with Crippen LogP contribution in [0.4, 0.5) is 18.9 Å². The van der Waals surface area contributed by atoms with Gasteiger partial charge in [0.25, 0.3) is 5.91 Å². The molecule has 1 aromatic heterocycles. The summed E-state index contributed by atoms with van der Waals surface area (Å²) < 4.78 is 44.6. The minimum Gasteiger partial charge on any atom is -0.451 e. The van der Waals surface area contributed by atoms with E-state index in [9.17, 15) is 27.6 Å². The quantitative estimate of drug-likeness (QED) is 0.602. The predicted octanol–water partition coefficient (Wildman–Crippen LogP) is 2.91. The molecule has 0 aliphatic rings. The van der Waals surface area contributed by atoms with Crippen LogP contribution in [-0.4, -0.2) is 35.6 Å². The number of nitrogens with one attached hydrogen (secondary N) is 2. The Morgan fingerprint density at radius 2 is 1.81 bits per heavy atom. The Kier molecular flexibility index (Phi) is 5.65. The van der Waals surface area contributed by atoms with Gasteiger partial charge in [-0.25, -0.2) is 4.79 Å². The first-order chi connectivity index (χ1) is 12.1. The van der Waals surface area contributed by atoms with Crippen molar-refractivity contribution in [2.24, 2.45) is 0 Å². The third-order valence-corrected chi connectivity index (χ3v) is 3.02. The fourth-order valence-corrected chi connectivity index (χ4v) is 1.86. The summed E-state index contributed by atoms with van der Waals surface area (Å²) in [5, 5.41) is 2.34. The van der Waals surface area contributed by atoms with Gasteiger partial charge in [-0.3, -0.25) is 9.59 Å². The second-order valence-corrected chi connectivity index (χ2v) is 5.05. The standard InChI is InChI=1S/C16H13F3N2O5/c1-9(22)10-6-13(20-7-10)15(24)25-8-14(23)21-11-2-4-12(5-3-11)26-16(17,18)19/h2-7,20H,8H2,1H3,(H,21,23). The van der Waals surface area contributed by atoms with Crippen LogP contribution in [0.5, 0.6) is 5.75 Å². The minimum absolute atomic E-state index is 0.0108. The summed E-state index contributed by atoms with van der Waals surface area (Å²) in [6.07, 6.45) is -3.47. The van der Waals surface area contributed by atoms with E-state index < -0.39 is 30.6 Å². The number of rotatable bonds is 6. The lowest BCUT2D eigenvalue weighted by atomic mass is 10.2. The zero-order chi connectivity index (χ0) is 19.3. The summed E-state index contributed by atoms with van der Waals surface area (Å²) in [4.78, 5) is 37.2. The lowest BCUT2D eigenvalue weighted by Crippen LogP contribution is -2.21. The number of anilines is 1. The minimum atomic E-state index is -4.81. The van der Waals surface area contributed by atoms with Gasteiger partial charge in [-0.1, -0.05) is 0 Å². The van der Waals surface area contributed by atoms with E-state index in [2.05, 4.69) is 15.0 Å². The van der Waals surface area contributed by atoms with Crippen molar-refractivity contribution in [3.8, 4) is 5.75 Å². The van der Waals surface area contributed by atoms with Crippen molar-refractivity contribution >= 4 is 23.3 Å². The summed E-state index contributed by atoms with van der Waals surface area (Å²) in [5.74, 6) is -2.20. The highest BCUT2D eigenvalue weighted by Crippen LogP contribution is 2.23. The summed E-state index contributed by atoms with van der Waals surface area (Å²) >= 11 is 0. The number of hydrogen-bond acceptors (Lipinski definition) is 5. The smallest absolute Gasteiger partial charge is 0.451 e. The van der Waals surface area contributed by atoms with E-state index >= 15 is 0 Å². The Morgan fingerprint density at radius 1 is 1.15 bits per heavy atom. The van der Waals surface area contributed by atoms with Gasteiger partial charge in [0.2, 0.25) is 0 Å². The third-order valence-electron chi connectivity index (χ3n) is 3.02. The maximum Gasteiger partial charge on any atom is 0.573 e. The molecule has 0 unspecified atom stereocenters. The van der Waals surface area contributed by atoms with E-state index in [4.69, 9.17) is 4.74 Å². The number of aromatic amines is 1. The Hall–Kier alpha value is -3.30. The van der Waals surface area contributed by atoms with Crippen LogP contribution in [0.1, 0.15) is 27.8 Å². The van der Waals surface area contributed by atoms with E-state index in [-0.39, 0.29) is 17.2 Å². The molecule has 0 saturated carbocycles. The highest BCUT2D eigenvalue weighted by Gasteiger charge is 2.30. The molecule has 2 N–H and O–H groups in total. The summed E-state index contributed by atoms with van der Waals surface area (Å²) in [6, 6.07) is 5.74. The number of carbonyl (C=O) groups excluding carboxylic acids is 3. The molecule has 138 valence electrons. The molecule has 0 spiro atoms. The second-order valence-electron chi connectivity index (χ2n) is 5.05. The number of esters is 1. The van der Waals surface area contributed by atoms with E-state index in [1.807, 2.05) is 0 Å². The number of ketones is 1. The number of halogens is 3. The van der Waals surface area contributed by atoms with Crippen LogP contribution < -0.4 is 10.1 Å². The average molecular weight is 370 g/mol. The van der Waals surface area contributed by atoms with Crippen molar-refractivity contribution in [2.45, 2.75) is 13.3 Å². The highest BCUT2D eigenvalue weighted by molar-refractivity contribution is 5.98. The van der Waals surface area contributed by atoms with Crippen molar-refractivity contribution < 1.29 is 37.0 Å². The van der Waals surface area contributed by atoms with Gasteiger partial charge in [-0.15, -0.1) is 13.2 Å². The van der Waals surface area contributed by atoms with Gasteiger partial charge in [-0.2, -0.15) is 0 Å². The molecule has 26 heavy (non-hydrogen) atoms. The van der Waals surface area contributed by atoms with Crippen LogP contribution in [-0.2, 0) is 9.53 Å². The molecule has 1 amide bonds. The van der Waals surface area contributed by atoms with Crippen LogP contribution >= 0.6 is 0 Å². The first-order valence-electron chi connectivity index (χ1n) is 7.16. The lowest BCUT2D eigenvalue weighted by Gasteiger charge is -2.10. The predicted molar refractivity (Wildman–Crippen MR) is 82.8 cm³/mol. The molecule has 2 aromatic rings. The largest absolute Gasteiger partial charge is 0.573 e. The molecule has 0 atom stereocenters. The van der Waals surface area contributed by atoms with E-state index in [0.717, 1.165) is 12.1 Å². The Labute approximate surface area is 145 Å². The topological polar surface area (TPSA) is 97.5 Å². The zero-order valence-electron chi connectivity index (χ0n) is 13.3. The lowest BCUT2D eigenvalue weighted by molar-refractivity contribution is -0.274. The van der Waals surface area contributed by atoms with Gasteiger partial charge < -0.3 is 19.8 Å². The summed E-state index contributed by atoms with van der Waals surface area (Å²) in [5.41, 5.74) is 0.499. The van der Waals surface area contributed by atoms with E-state index in [1.165, 1.54) is 31.3 Å². The number of alkyl halides is 3. The number of hydrogen-bond donors (Lipinski definition) is 2. The monoisotopic (exact) mass is 370 g/mol. The summed E-state index contributed by atoms with van der Waals surface area (Å²) in [6.45, 7) is 0.713. The fraction of sp³-hybridized carbons (Fsp3) is 0.188. The van der Waals surface area contributed by atoms with E-state index in [1.54, 1.807) is 0 Å². The van der Waals surface area contributed by atoms with Crippen molar-refractivity contribution in [2.75, 3.05) is 11.9 Å². The van der Waals surface area contributed by atoms with Crippen molar-refractivity contribution in [1.82, 2.24) is 4.98 Å². The number of aromatic nitrogens is 1. The number of carbonyl (C=O) groups is 3. The molecule has 0 fully saturated rings. The van der Waals surface area contributed by atoms with Crippen LogP contribution in [0, 0.1) is 0 Å². The van der Waals surface area contributed by atoms with Crippen LogP contribution in [0.15, 0.2) is 36.5 Å². The number of amides is 1. The van der Waals surface area contributed by atoms with Crippen LogP contribution in [0.2, 0.25) is 0 Å². The SMILES string of the molecule is CC(=O)c1c[nH]c(C(=O)OCC(=O)Nc2ccc(OC(F)(F)F)cc2)c1. The molecular weight excluding hydrogens is 357 g/mol. The maximum absolute atomic E-state index is 12.1. The van der Waals surface area contributed by atoms with Crippen LogP contribution in [0.25, 0.3) is 0 Å². The molecular formula is C16H13F3N2O5. The van der Waals surface area contributed by atoms with Crippen molar-refractivity contribution in [3.63, 3.8) is 0 Å². The third kappa shape index (κ3) is 5.65. The van der Waals surface area contributed by atoms with E-state index in [0.29, 0.717) is 5.56 Å². The first kappa shape index (κ1) is 19.0. The number of Topliss-reactive ketones (excluding diaryl/α,β-unsaturated/α-hetero) is 1. The Balaban J connectivity index is 1.84. The van der Waals surface area contributed by atoms with Gasteiger partial charge in [-0.05, 0) is 37.3 Å². The normalized spacial score (nSPS) is 10.9. The van der Waals surface area contributed by atoms with Gasteiger partial charge in [0.05, 0.1) is 0 Å². The number of benzene rings is 1. The van der Waals surface area contributed by atoms with Gasteiger partial charge in [0.15, 0.2) is 12.4 Å². The average Bonchev–Trinajstić information content (AvgIpc) is 3.03. The molecule has 0 aliphatic carbocycles. The molecule has 7 nitrogen and oxygen atoms in total. The first-order valence-corrected chi connectivity index (χ1v) is 7.16. The molecule has 0 radical (unpaired) electrons. The molecule has 0 aliphatic heterocycles. The van der Waals surface area contributed by atoms with Crippen LogP contribution in [0.3, 0.4) is 0 Å². The molecule has 0 saturated heterocycles.